The van der Waals surface area contributed by atoms with Crippen LogP contribution in [0.1, 0.15) is 0 Å². The van der Waals surface area contributed by atoms with Crippen LogP contribution in [0, 0.1) is 0 Å². The summed E-state index contributed by atoms with van der Waals surface area (Å²) in [5, 5.41) is 12.1. The summed E-state index contributed by atoms with van der Waals surface area (Å²) < 4.78 is 0. The Hall–Kier alpha value is -5.93. The van der Waals surface area contributed by atoms with Gasteiger partial charge in [0.05, 0.1) is 0 Å². The first-order valence-electron chi connectivity index (χ1n) is 14.9. The van der Waals surface area contributed by atoms with Crippen molar-refractivity contribution in [3.63, 3.8) is 0 Å². The molecule has 1 aromatic heterocycles. The van der Waals surface area contributed by atoms with Gasteiger partial charge < -0.3 is 0 Å². The maximum atomic E-state index is 5.14. The molecule has 9 aromatic rings. The summed E-state index contributed by atoms with van der Waals surface area (Å²) in [5.41, 5.74) is 2.92. The molecule has 0 bridgehead atoms. The van der Waals surface area contributed by atoms with Gasteiger partial charge in [-0.15, -0.1) is 0 Å². The maximum Gasteiger partial charge on any atom is 0.164 e. The largest absolute Gasteiger partial charge is 0.208 e. The molecule has 44 heavy (non-hydrogen) atoms. The van der Waals surface area contributed by atoms with Gasteiger partial charge in [0.1, 0.15) is 0 Å². The SMILES string of the molecule is c1ccc(-c2nc(-c3ccc4c(ccc5c6ccccc6ccc45)c3)nc(-c3cccc4ccc5ccccc5c34)n2)cc1. The fourth-order valence-corrected chi connectivity index (χ4v) is 6.56. The average Bonchev–Trinajstić information content (AvgIpc) is 3.11. The van der Waals surface area contributed by atoms with E-state index in [0.29, 0.717) is 17.5 Å². The second-order valence-corrected chi connectivity index (χ2v) is 11.2. The van der Waals surface area contributed by atoms with Crippen molar-refractivity contribution in [3.05, 3.63) is 152 Å². The second kappa shape index (κ2) is 9.82. The first-order chi connectivity index (χ1) is 21.8. The van der Waals surface area contributed by atoms with Crippen LogP contribution in [0.15, 0.2) is 152 Å². The molecule has 0 amide bonds. The summed E-state index contributed by atoms with van der Waals surface area (Å²) >= 11 is 0. The van der Waals surface area contributed by atoms with Gasteiger partial charge in [-0.05, 0) is 54.5 Å². The van der Waals surface area contributed by atoms with Crippen LogP contribution in [-0.4, -0.2) is 15.0 Å². The van der Waals surface area contributed by atoms with Gasteiger partial charge in [-0.1, -0.05) is 146 Å². The lowest BCUT2D eigenvalue weighted by Gasteiger charge is -2.13. The van der Waals surface area contributed by atoms with Crippen molar-refractivity contribution in [2.45, 2.75) is 0 Å². The van der Waals surface area contributed by atoms with E-state index in [2.05, 4.69) is 133 Å². The zero-order valence-electron chi connectivity index (χ0n) is 23.8. The van der Waals surface area contributed by atoms with Crippen molar-refractivity contribution >= 4 is 53.9 Å². The van der Waals surface area contributed by atoms with E-state index >= 15 is 0 Å². The zero-order valence-corrected chi connectivity index (χ0v) is 23.8. The fraction of sp³-hybridized carbons (Fsp3) is 0. The zero-order chi connectivity index (χ0) is 29.0. The monoisotopic (exact) mass is 559 g/mol. The normalized spacial score (nSPS) is 11.6. The number of hydrogen-bond donors (Lipinski definition) is 0. The predicted molar refractivity (Wildman–Crippen MR) is 184 cm³/mol. The van der Waals surface area contributed by atoms with E-state index in [9.17, 15) is 0 Å². The van der Waals surface area contributed by atoms with Crippen molar-refractivity contribution in [1.29, 1.82) is 0 Å². The topological polar surface area (TPSA) is 38.7 Å². The number of nitrogens with zero attached hydrogens (tertiary/aromatic N) is 3. The Balaban J connectivity index is 1.28. The van der Waals surface area contributed by atoms with Gasteiger partial charge in [0.15, 0.2) is 17.5 Å². The Bertz CT molecular complexity index is 2550. The van der Waals surface area contributed by atoms with Crippen molar-refractivity contribution in [2.75, 3.05) is 0 Å². The highest BCUT2D eigenvalue weighted by atomic mass is 15.0. The van der Waals surface area contributed by atoms with Gasteiger partial charge in [-0.25, -0.2) is 15.0 Å². The number of hydrogen-bond acceptors (Lipinski definition) is 3. The van der Waals surface area contributed by atoms with Gasteiger partial charge in [-0.2, -0.15) is 0 Å². The van der Waals surface area contributed by atoms with E-state index in [1.165, 1.54) is 37.7 Å². The highest BCUT2D eigenvalue weighted by Gasteiger charge is 2.16. The van der Waals surface area contributed by atoms with Crippen LogP contribution in [0.2, 0.25) is 0 Å². The average molecular weight is 560 g/mol. The summed E-state index contributed by atoms with van der Waals surface area (Å²) in [6, 6.07) is 53.4. The van der Waals surface area contributed by atoms with Crippen molar-refractivity contribution in [2.24, 2.45) is 0 Å². The number of aromatic nitrogens is 3. The van der Waals surface area contributed by atoms with Gasteiger partial charge in [0.25, 0.3) is 0 Å². The molecule has 8 aromatic carbocycles. The van der Waals surface area contributed by atoms with Crippen LogP contribution in [0.5, 0.6) is 0 Å². The molecule has 0 saturated carbocycles. The molecule has 204 valence electrons. The third-order valence-corrected chi connectivity index (χ3v) is 8.68. The molecule has 3 heteroatoms. The summed E-state index contributed by atoms with van der Waals surface area (Å²) in [4.78, 5) is 15.2. The minimum absolute atomic E-state index is 0.659. The van der Waals surface area contributed by atoms with Crippen molar-refractivity contribution in [1.82, 2.24) is 15.0 Å². The third kappa shape index (κ3) is 3.94. The molecule has 3 nitrogen and oxygen atoms in total. The number of rotatable bonds is 3. The van der Waals surface area contributed by atoms with Crippen molar-refractivity contribution < 1.29 is 0 Å². The van der Waals surface area contributed by atoms with Crippen LogP contribution in [0.3, 0.4) is 0 Å². The van der Waals surface area contributed by atoms with E-state index in [4.69, 9.17) is 15.0 Å². The molecule has 0 atom stereocenters. The van der Waals surface area contributed by atoms with E-state index in [1.807, 2.05) is 18.2 Å². The van der Waals surface area contributed by atoms with Gasteiger partial charge >= 0.3 is 0 Å². The molecule has 9 rings (SSSR count). The molecule has 0 radical (unpaired) electrons. The summed E-state index contributed by atoms with van der Waals surface area (Å²) in [7, 11) is 0. The molecular formula is C41H25N3. The smallest absolute Gasteiger partial charge is 0.164 e. The van der Waals surface area contributed by atoms with Crippen LogP contribution in [0.4, 0.5) is 0 Å². The quantitative estimate of drug-likeness (QED) is 0.202. The standard InChI is InChI=1S/C41H25N3/c1-2-11-29(12-3-1)39-42-40(44-41(43-39)37-16-8-13-28-18-17-27-10-5-7-15-34(27)38(28)37)31-21-22-33-30(25-31)20-24-35-32-14-6-4-9-26(32)19-23-36(33)35/h1-25H. The molecule has 0 fully saturated rings. The first kappa shape index (κ1) is 24.6. The van der Waals surface area contributed by atoms with E-state index in [-0.39, 0.29) is 0 Å². The minimum atomic E-state index is 0.659. The molecule has 0 unspecified atom stereocenters. The summed E-state index contributed by atoms with van der Waals surface area (Å²) in [6.07, 6.45) is 0. The van der Waals surface area contributed by atoms with E-state index in [1.54, 1.807) is 0 Å². The lowest BCUT2D eigenvalue weighted by molar-refractivity contribution is 1.08. The third-order valence-electron chi connectivity index (χ3n) is 8.68. The van der Waals surface area contributed by atoms with Crippen LogP contribution in [0.25, 0.3) is 88.0 Å². The molecular weight excluding hydrogens is 534 g/mol. The van der Waals surface area contributed by atoms with Crippen LogP contribution >= 0.6 is 0 Å². The Morgan fingerprint density at radius 3 is 1.66 bits per heavy atom. The molecule has 0 aliphatic rings. The summed E-state index contributed by atoms with van der Waals surface area (Å²) in [5.74, 6) is 1.99. The van der Waals surface area contributed by atoms with Crippen LogP contribution < -0.4 is 0 Å². The molecule has 0 aliphatic carbocycles. The van der Waals surface area contributed by atoms with Gasteiger partial charge in [-0.3, -0.25) is 0 Å². The number of fused-ring (bicyclic) bond motifs is 8. The number of benzene rings is 8. The lowest BCUT2D eigenvalue weighted by Crippen LogP contribution is -2.00. The molecule has 0 aliphatic heterocycles. The van der Waals surface area contributed by atoms with Crippen molar-refractivity contribution in [3.8, 4) is 34.2 Å². The fourth-order valence-electron chi connectivity index (χ4n) is 6.56. The lowest BCUT2D eigenvalue weighted by atomic mass is 9.96. The van der Waals surface area contributed by atoms with E-state index < -0.39 is 0 Å². The molecule has 1 heterocycles. The second-order valence-electron chi connectivity index (χ2n) is 11.2. The molecule has 0 saturated heterocycles. The Labute approximate surface area is 254 Å². The highest BCUT2D eigenvalue weighted by molar-refractivity contribution is 6.17. The van der Waals surface area contributed by atoms with Gasteiger partial charge in [0.2, 0.25) is 0 Å². The Morgan fingerprint density at radius 1 is 0.295 bits per heavy atom. The summed E-state index contributed by atoms with van der Waals surface area (Å²) in [6.45, 7) is 0. The van der Waals surface area contributed by atoms with Crippen LogP contribution in [-0.2, 0) is 0 Å². The molecule has 0 spiro atoms. The van der Waals surface area contributed by atoms with Gasteiger partial charge in [0, 0.05) is 22.1 Å². The van der Waals surface area contributed by atoms with E-state index in [0.717, 1.165) is 32.8 Å². The maximum absolute atomic E-state index is 5.14. The first-order valence-corrected chi connectivity index (χ1v) is 14.9. The predicted octanol–water partition coefficient (Wildman–Crippen LogP) is 10.6. The highest BCUT2D eigenvalue weighted by Crippen LogP contribution is 2.36. The Morgan fingerprint density at radius 2 is 0.841 bits per heavy atom. The Kier molecular flexibility index (Phi) is 5.50. The minimum Gasteiger partial charge on any atom is -0.208 e. The molecule has 0 N–H and O–H groups in total.